The minimum atomic E-state index is -0.716. The van der Waals surface area contributed by atoms with Crippen molar-refractivity contribution in [1.29, 1.82) is 0 Å². The number of hydrogen-bond donors (Lipinski definition) is 1. The lowest BCUT2D eigenvalue weighted by Crippen LogP contribution is -2.31. The number of pyridine rings is 1. The summed E-state index contributed by atoms with van der Waals surface area (Å²) in [5, 5.41) is 9.13. The van der Waals surface area contributed by atoms with Gasteiger partial charge in [-0.25, -0.2) is 8.78 Å². The van der Waals surface area contributed by atoms with Crippen molar-refractivity contribution in [2.45, 2.75) is 26.5 Å². The van der Waals surface area contributed by atoms with Gasteiger partial charge >= 0.3 is 0 Å². The zero-order chi connectivity index (χ0) is 23.7. The molecule has 0 saturated carbocycles. The van der Waals surface area contributed by atoms with Crippen LogP contribution in [0.1, 0.15) is 22.4 Å². The molecule has 1 N–H and O–H groups in total. The molecule has 0 unspecified atom stereocenters. The van der Waals surface area contributed by atoms with Gasteiger partial charge in [-0.15, -0.1) is 0 Å². The lowest BCUT2D eigenvalue weighted by Gasteiger charge is -2.17. The number of aromatic nitrogens is 1. The van der Waals surface area contributed by atoms with Crippen LogP contribution < -0.4 is 15.2 Å². The van der Waals surface area contributed by atoms with E-state index in [4.69, 9.17) is 9.84 Å². The van der Waals surface area contributed by atoms with Crippen molar-refractivity contribution in [2.24, 2.45) is 0 Å². The molecule has 6 nitrogen and oxygen atoms in total. The van der Waals surface area contributed by atoms with Crippen LogP contribution in [0.2, 0.25) is 0 Å². The highest BCUT2D eigenvalue weighted by atomic mass is 79.9. The van der Waals surface area contributed by atoms with Gasteiger partial charge in [0.15, 0.2) is 0 Å². The van der Waals surface area contributed by atoms with Crippen LogP contribution in [0.25, 0.3) is 0 Å². The van der Waals surface area contributed by atoms with Gasteiger partial charge in [0.05, 0.1) is 6.54 Å². The molecule has 1 aliphatic rings. The SMILES string of the molecule is Cc1cc(OCc2ccc(F)cc2F)c(Br)c(=O)n1Cc1ccc2c(c1)CCN2C(=O)CO. The average Bonchev–Trinajstić information content (AvgIpc) is 3.22. The van der Waals surface area contributed by atoms with Gasteiger partial charge in [0, 0.05) is 35.6 Å². The molecule has 2 heterocycles. The Kier molecular flexibility index (Phi) is 6.62. The molecular weight excluding hydrogens is 498 g/mol. The van der Waals surface area contributed by atoms with Crippen LogP contribution in [0.4, 0.5) is 14.5 Å². The Morgan fingerprint density at radius 3 is 2.70 bits per heavy atom. The van der Waals surface area contributed by atoms with E-state index in [9.17, 15) is 18.4 Å². The Labute approximate surface area is 197 Å². The number of aliphatic hydroxyl groups excluding tert-OH is 1. The molecule has 0 atom stereocenters. The molecule has 3 aromatic rings. The third-order valence-corrected chi connectivity index (χ3v) is 6.36. The fourth-order valence-corrected chi connectivity index (χ4v) is 4.33. The van der Waals surface area contributed by atoms with Gasteiger partial charge in [0.2, 0.25) is 0 Å². The minimum Gasteiger partial charge on any atom is -0.487 e. The fourth-order valence-electron chi connectivity index (χ4n) is 3.89. The molecule has 0 spiro atoms. The first-order valence-electron chi connectivity index (χ1n) is 10.3. The predicted octanol–water partition coefficient (Wildman–Crippen LogP) is 3.71. The van der Waals surface area contributed by atoms with Gasteiger partial charge in [-0.05, 0) is 58.6 Å². The van der Waals surface area contributed by atoms with Crippen LogP contribution in [0.3, 0.4) is 0 Å². The smallest absolute Gasteiger partial charge is 0.269 e. The Hall–Kier alpha value is -3.04. The number of benzene rings is 2. The summed E-state index contributed by atoms with van der Waals surface area (Å²) in [7, 11) is 0. The molecule has 33 heavy (non-hydrogen) atoms. The van der Waals surface area contributed by atoms with Crippen LogP contribution in [0.15, 0.2) is 51.7 Å². The Balaban J connectivity index is 1.54. The summed E-state index contributed by atoms with van der Waals surface area (Å²) >= 11 is 3.28. The number of amides is 1. The Morgan fingerprint density at radius 2 is 1.97 bits per heavy atom. The van der Waals surface area contributed by atoms with Crippen molar-refractivity contribution in [3.8, 4) is 5.75 Å². The van der Waals surface area contributed by atoms with E-state index < -0.39 is 18.2 Å². The number of rotatable bonds is 6. The average molecular weight is 519 g/mol. The molecule has 1 aromatic heterocycles. The lowest BCUT2D eigenvalue weighted by molar-refractivity contribution is -0.121. The first-order valence-corrected chi connectivity index (χ1v) is 11.1. The molecule has 4 rings (SSSR count). The van der Waals surface area contributed by atoms with E-state index in [1.165, 1.54) is 6.07 Å². The molecule has 0 bridgehead atoms. The summed E-state index contributed by atoms with van der Waals surface area (Å²) in [4.78, 5) is 26.4. The molecule has 0 fully saturated rings. The van der Waals surface area contributed by atoms with E-state index in [1.54, 1.807) is 22.5 Å². The molecular formula is C24H21BrF2N2O4. The third-order valence-electron chi connectivity index (χ3n) is 5.63. The van der Waals surface area contributed by atoms with E-state index in [0.717, 1.165) is 28.9 Å². The van der Waals surface area contributed by atoms with Gasteiger partial charge in [-0.1, -0.05) is 12.1 Å². The van der Waals surface area contributed by atoms with E-state index in [1.807, 2.05) is 18.2 Å². The standard InChI is InChI=1S/C24H21BrF2N2O4/c1-14-8-21(33-13-17-3-4-18(26)10-19(17)27)23(25)24(32)29(14)11-15-2-5-20-16(9-15)6-7-28(20)22(31)12-30/h2-5,8-10,30H,6-7,11-13H2,1H3. The summed E-state index contributed by atoms with van der Waals surface area (Å²) in [6, 6.07) is 10.6. The molecule has 2 aromatic carbocycles. The maximum absolute atomic E-state index is 13.9. The molecule has 0 aliphatic carbocycles. The van der Waals surface area contributed by atoms with E-state index >= 15 is 0 Å². The van der Waals surface area contributed by atoms with E-state index in [-0.39, 0.29) is 33.9 Å². The number of halogens is 3. The van der Waals surface area contributed by atoms with Gasteiger partial charge in [0.1, 0.15) is 35.1 Å². The second-order valence-corrected chi connectivity index (χ2v) is 8.59. The van der Waals surface area contributed by atoms with Gasteiger partial charge in [-0.2, -0.15) is 0 Å². The minimum absolute atomic E-state index is 0.151. The van der Waals surface area contributed by atoms with Crippen molar-refractivity contribution >= 4 is 27.5 Å². The predicted molar refractivity (Wildman–Crippen MR) is 123 cm³/mol. The van der Waals surface area contributed by atoms with Crippen molar-refractivity contribution in [3.63, 3.8) is 0 Å². The summed E-state index contributed by atoms with van der Waals surface area (Å²) in [6.45, 7) is 1.92. The quantitative estimate of drug-likeness (QED) is 0.540. The number of aliphatic hydroxyl groups is 1. The number of anilines is 1. The van der Waals surface area contributed by atoms with Crippen LogP contribution >= 0.6 is 15.9 Å². The highest BCUT2D eigenvalue weighted by molar-refractivity contribution is 9.10. The second kappa shape index (κ2) is 9.44. The topological polar surface area (TPSA) is 71.8 Å². The van der Waals surface area contributed by atoms with Crippen LogP contribution in [0.5, 0.6) is 5.75 Å². The Bertz CT molecular complexity index is 1290. The molecule has 0 saturated heterocycles. The van der Waals surface area contributed by atoms with Crippen molar-refractivity contribution in [2.75, 3.05) is 18.1 Å². The van der Waals surface area contributed by atoms with Crippen molar-refractivity contribution in [1.82, 2.24) is 4.57 Å². The number of nitrogens with zero attached hydrogens (tertiary/aromatic N) is 2. The summed E-state index contributed by atoms with van der Waals surface area (Å²) in [6.07, 6.45) is 0.680. The monoisotopic (exact) mass is 518 g/mol. The zero-order valence-corrected chi connectivity index (χ0v) is 19.4. The zero-order valence-electron chi connectivity index (χ0n) is 17.8. The number of carbonyl (C=O) groups excluding carboxylic acids is 1. The summed E-state index contributed by atoms with van der Waals surface area (Å²) in [5.41, 5.74) is 3.18. The first-order chi connectivity index (χ1) is 15.8. The van der Waals surface area contributed by atoms with Crippen LogP contribution in [-0.4, -0.2) is 28.7 Å². The van der Waals surface area contributed by atoms with Crippen LogP contribution in [0, 0.1) is 18.6 Å². The fraction of sp³-hybridized carbons (Fsp3) is 0.250. The summed E-state index contributed by atoms with van der Waals surface area (Å²) in [5.74, 6) is -1.46. The van der Waals surface area contributed by atoms with Crippen molar-refractivity contribution < 1.29 is 23.4 Å². The molecule has 172 valence electrons. The summed E-state index contributed by atoms with van der Waals surface area (Å²) < 4.78 is 34.4. The number of ether oxygens (including phenoxy) is 1. The van der Waals surface area contributed by atoms with E-state index in [0.29, 0.717) is 25.2 Å². The number of aryl methyl sites for hydroxylation is 1. The molecule has 9 heteroatoms. The maximum atomic E-state index is 13.9. The molecule has 0 radical (unpaired) electrons. The number of hydrogen-bond acceptors (Lipinski definition) is 4. The third kappa shape index (κ3) is 4.69. The maximum Gasteiger partial charge on any atom is 0.269 e. The number of carbonyl (C=O) groups is 1. The highest BCUT2D eigenvalue weighted by Crippen LogP contribution is 2.30. The largest absolute Gasteiger partial charge is 0.487 e. The number of fused-ring (bicyclic) bond motifs is 1. The van der Waals surface area contributed by atoms with E-state index in [2.05, 4.69) is 15.9 Å². The first kappa shape index (κ1) is 23.1. The highest BCUT2D eigenvalue weighted by Gasteiger charge is 2.24. The second-order valence-electron chi connectivity index (χ2n) is 7.80. The van der Waals surface area contributed by atoms with Gasteiger partial charge in [-0.3, -0.25) is 9.59 Å². The Morgan fingerprint density at radius 1 is 1.18 bits per heavy atom. The lowest BCUT2D eigenvalue weighted by atomic mass is 10.1. The normalized spacial score (nSPS) is 12.7. The molecule has 1 aliphatic heterocycles. The van der Waals surface area contributed by atoms with Gasteiger partial charge < -0.3 is 19.3 Å². The van der Waals surface area contributed by atoms with Crippen LogP contribution in [-0.2, 0) is 24.4 Å². The van der Waals surface area contributed by atoms with Crippen molar-refractivity contribution in [3.05, 3.63) is 91.3 Å². The molecule has 1 amide bonds. The van der Waals surface area contributed by atoms with Gasteiger partial charge in [0.25, 0.3) is 11.5 Å².